The number of para-hydroxylation sites is 1. The molecule has 24 heavy (non-hydrogen) atoms. The van der Waals surface area contributed by atoms with E-state index in [4.69, 9.17) is 9.26 Å². The average Bonchev–Trinajstić information content (AvgIpc) is 3.35. The summed E-state index contributed by atoms with van der Waals surface area (Å²) in [5, 5.41) is 5.05. The van der Waals surface area contributed by atoms with Crippen molar-refractivity contribution in [3.8, 4) is 0 Å². The molecule has 2 atom stereocenters. The highest BCUT2D eigenvalue weighted by molar-refractivity contribution is 7.99. The first-order chi connectivity index (χ1) is 11.8. The maximum absolute atomic E-state index is 13.0. The van der Waals surface area contributed by atoms with Crippen LogP contribution >= 0.6 is 11.8 Å². The van der Waals surface area contributed by atoms with Crippen LogP contribution in [0.4, 0.5) is 0 Å². The van der Waals surface area contributed by atoms with E-state index in [0.717, 1.165) is 54.0 Å². The molecule has 1 aromatic carbocycles. The van der Waals surface area contributed by atoms with Gasteiger partial charge in [0.1, 0.15) is 5.69 Å². The van der Waals surface area contributed by atoms with Gasteiger partial charge >= 0.3 is 0 Å². The molecular formula is C18H22N2O3S. The van der Waals surface area contributed by atoms with Gasteiger partial charge in [0.2, 0.25) is 5.91 Å². The molecule has 2 fully saturated rings. The normalized spacial score (nSPS) is 23.8. The lowest BCUT2D eigenvalue weighted by Crippen LogP contribution is -2.45. The van der Waals surface area contributed by atoms with E-state index in [1.165, 1.54) is 0 Å². The Morgan fingerprint density at radius 1 is 1.33 bits per heavy atom. The van der Waals surface area contributed by atoms with Crippen LogP contribution < -0.4 is 0 Å². The van der Waals surface area contributed by atoms with Crippen LogP contribution in [-0.2, 0) is 16.0 Å². The molecular weight excluding hydrogens is 324 g/mol. The Labute approximate surface area is 145 Å². The Kier molecular flexibility index (Phi) is 4.76. The summed E-state index contributed by atoms with van der Waals surface area (Å²) in [5.41, 5.74) is 1.47. The molecule has 2 aromatic rings. The second-order valence-corrected chi connectivity index (χ2v) is 7.65. The molecule has 0 N–H and O–H groups in total. The monoisotopic (exact) mass is 346 g/mol. The number of benzene rings is 1. The highest BCUT2D eigenvalue weighted by atomic mass is 32.2. The van der Waals surface area contributed by atoms with Gasteiger partial charge in [-0.25, -0.2) is 0 Å². The first kappa shape index (κ1) is 16.0. The molecule has 2 aliphatic rings. The van der Waals surface area contributed by atoms with Crippen LogP contribution in [0.15, 0.2) is 28.8 Å². The summed E-state index contributed by atoms with van der Waals surface area (Å²) in [6, 6.07) is 8.03. The summed E-state index contributed by atoms with van der Waals surface area (Å²) in [6.45, 7) is 1.53. The first-order valence-corrected chi connectivity index (χ1v) is 9.79. The molecule has 1 aromatic heterocycles. The molecule has 128 valence electrons. The van der Waals surface area contributed by atoms with Crippen molar-refractivity contribution in [3.63, 3.8) is 0 Å². The van der Waals surface area contributed by atoms with Gasteiger partial charge < -0.3 is 14.2 Å². The predicted octanol–water partition coefficient (Wildman–Crippen LogP) is 2.88. The van der Waals surface area contributed by atoms with E-state index in [2.05, 4.69) is 5.16 Å². The zero-order valence-corrected chi connectivity index (χ0v) is 14.5. The minimum Gasteiger partial charge on any atom is -0.376 e. The topological polar surface area (TPSA) is 55.6 Å². The number of hydrogen-bond donors (Lipinski definition) is 0. The molecule has 0 saturated carbocycles. The number of carbonyl (C=O) groups excluding carboxylic acids is 1. The van der Waals surface area contributed by atoms with E-state index in [1.54, 1.807) is 0 Å². The fourth-order valence-electron chi connectivity index (χ4n) is 3.54. The highest BCUT2D eigenvalue weighted by Crippen LogP contribution is 2.26. The molecule has 3 heterocycles. The SMILES string of the molecule is O=C(Cc1noc2ccccc12)N(C[C@@H]1CCCO1)[C@H]1CCSC1. The smallest absolute Gasteiger partial charge is 0.229 e. The number of amides is 1. The number of carbonyl (C=O) groups is 1. The largest absolute Gasteiger partial charge is 0.376 e. The fourth-order valence-corrected chi connectivity index (χ4v) is 4.76. The molecule has 0 spiro atoms. The minimum atomic E-state index is 0.136. The number of aromatic nitrogens is 1. The van der Waals surface area contributed by atoms with Gasteiger partial charge in [0.15, 0.2) is 5.58 Å². The van der Waals surface area contributed by atoms with E-state index in [0.29, 0.717) is 19.0 Å². The molecule has 2 aliphatic heterocycles. The van der Waals surface area contributed by atoms with Crippen molar-refractivity contribution in [1.29, 1.82) is 0 Å². The van der Waals surface area contributed by atoms with Crippen LogP contribution in [0.5, 0.6) is 0 Å². The molecule has 0 radical (unpaired) electrons. The summed E-state index contributed by atoms with van der Waals surface area (Å²) in [6.07, 6.45) is 3.71. The zero-order chi connectivity index (χ0) is 16.4. The Morgan fingerprint density at radius 3 is 3.04 bits per heavy atom. The quantitative estimate of drug-likeness (QED) is 0.833. The molecule has 4 rings (SSSR count). The average molecular weight is 346 g/mol. The maximum Gasteiger partial charge on any atom is 0.229 e. The number of fused-ring (bicyclic) bond motifs is 1. The Bertz CT molecular complexity index is 705. The molecule has 2 saturated heterocycles. The van der Waals surface area contributed by atoms with Crippen LogP contribution in [0, 0.1) is 0 Å². The Morgan fingerprint density at radius 2 is 2.25 bits per heavy atom. The Hall–Kier alpha value is -1.53. The van der Waals surface area contributed by atoms with Gasteiger partial charge in [0.05, 0.1) is 12.5 Å². The first-order valence-electron chi connectivity index (χ1n) is 8.63. The molecule has 0 bridgehead atoms. The van der Waals surface area contributed by atoms with Gasteiger partial charge in [-0.2, -0.15) is 11.8 Å². The third kappa shape index (κ3) is 3.30. The van der Waals surface area contributed by atoms with E-state index in [1.807, 2.05) is 40.9 Å². The van der Waals surface area contributed by atoms with Gasteiger partial charge in [-0.15, -0.1) is 0 Å². The number of hydrogen-bond acceptors (Lipinski definition) is 5. The standard InChI is InChI=1S/C18H22N2O3S/c21-18(10-16-15-5-1-2-6-17(15)23-19-16)20(13-7-9-24-12-13)11-14-4-3-8-22-14/h1-2,5-6,13-14H,3-4,7-12H2/t13-,14-/m0/s1. The molecule has 5 nitrogen and oxygen atoms in total. The summed E-state index contributed by atoms with van der Waals surface area (Å²) in [5.74, 6) is 2.29. The lowest BCUT2D eigenvalue weighted by molar-refractivity contribution is -0.134. The van der Waals surface area contributed by atoms with E-state index in [-0.39, 0.29) is 12.0 Å². The molecule has 0 unspecified atom stereocenters. The summed E-state index contributed by atoms with van der Waals surface area (Å²) in [7, 11) is 0. The highest BCUT2D eigenvalue weighted by Gasteiger charge is 2.31. The van der Waals surface area contributed by atoms with Gasteiger partial charge in [-0.1, -0.05) is 17.3 Å². The number of nitrogens with zero attached hydrogens (tertiary/aromatic N) is 2. The third-order valence-corrected chi connectivity index (χ3v) is 6.01. The van der Waals surface area contributed by atoms with Crippen LogP contribution in [-0.4, -0.2) is 52.8 Å². The summed E-state index contributed by atoms with van der Waals surface area (Å²) >= 11 is 1.93. The molecule has 0 aliphatic carbocycles. The predicted molar refractivity (Wildman–Crippen MR) is 94.1 cm³/mol. The zero-order valence-electron chi connectivity index (χ0n) is 13.6. The van der Waals surface area contributed by atoms with Crippen molar-refractivity contribution in [2.24, 2.45) is 0 Å². The summed E-state index contributed by atoms with van der Waals surface area (Å²) in [4.78, 5) is 15.0. The second-order valence-electron chi connectivity index (χ2n) is 6.50. The van der Waals surface area contributed by atoms with Gasteiger partial charge in [-0.3, -0.25) is 4.79 Å². The van der Waals surface area contributed by atoms with Crippen molar-refractivity contribution >= 4 is 28.6 Å². The lowest BCUT2D eigenvalue weighted by Gasteiger charge is -2.30. The number of thioether (sulfide) groups is 1. The lowest BCUT2D eigenvalue weighted by atomic mass is 10.1. The van der Waals surface area contributed by atoms with Crippen LogP contribution in [0.2, 0.25) is 0 Å². The summed E-state index contributed by atoms with van der Waals surface area (Å²) < 4.78 is 11.1. The van der Waals surface area contributed by atoms with Crippen molar-refractivity contribution < 1.29 is 14.1 Å². The van der Waals surface area contributed by atoms with Crippen molar-refractivity contribution in [1.82, 2.24) is 10.1 Å². The van der Waals surface area contributed by atoms with Crippen LogP contribution in [0.1, 0.15) is 25.0 Å². The van der Waals surface area contributed by atoms with Crippen LogP contribution in [0.3, 0.4) is 0 Å². The van der Waals surface area contributed by atoms with Crippen molar-refractivity contribution in [2.45, 2.75) is 37.8 Å². The van der Waals surface area contributed by atoms with Crippen LogP contribution in [0.25, 0.3) is 11.0 Å². The van der Waals surface area contributed by atoms with Crippen molar-refractivity contribution in [2.75, 3.05) is 24.7 Å². The van der Waals surface area contributed by atoms with E-state index >= 15 is 0 Å². The second kappa shape index (κ2) is 7.15. The van der Waals surface area contributed by atoms with E-state index in [9.17, 15) is 4.79 Å². The van der Waals surface area contributed by atoms with Gasteiger partial charge in [-0.05, 0) is 37.1 Å². The number of ether oxygens (including phenoxy) is 1. The molecule has 1 amide bonds. The van der Waals surface area contributed by atoms with Crippen molar-refractivity contribution in [3.05, 3.63) is 30.0 Å². The number of rotatable bonds is 5. The Balaban J connectivity index is 1.51. The third-order valence-electron chi connectivity index (χ3n) is 4.86. The van der Waals surface area contributed by atoms with Gasteiger partial charge in [0, 0.05) is 30.3 Å². The fraction of sp³-hybridized carbons (Fsp3) is 0.556. The maximum atomic E-state index is 13.0. The van der Waals surface area contributed by atoms with Gasteiger partial charge in [0.25, 0.3) is 0 Å². The minimum absolute atomic E-state index is 0.136. The van der Waals surface area contributed by atoms with E-state index < -0.39 is 0 Å². The molecule has 6 heteroatoms.